The lowest BCUT2D eigenvalue weighted by atomic mass is 10.1. The van der Waals surface area contributed by atoms with Gasteiger partial charge in [0.15, 0.2) is 0 Å². The zero-order valence-electron chi connectivity index (χ0n) is 11.1. The number of alkyl halides is 3. The predicted octanol–water partition coefficient (Wildman–Crippen LogP) is 1.22. The van der Waals surface area contributed by atoms with Crippen molar-refractivity contribution in [1.29, 1.82) is 0 Å². The Morgan fingerprint density at radius 3 is 2.76 bits per heavy atom. The van der Waals surface area contributed by atoms with Crippen LogP contribution < -0.4 is 11.1 Å². The van der Waals surface area contributed by atoms with Gasteiger partial charge in [-0.25, -0.2) is 4.39 Å². The van der Waals surface area contributed by atoms with E-state index in [-0.39, 0.29) is 18.2 Å². The van der Waals surface area contributed by atoms with Gasteiger partial charge in [-0.05, 0) is 18.2 Å². The highest BCUT2D eigenvalue weighted by Gasteiger charge is 2.35. The van der Waals surface area contributed by atoms with Gasteiger partial charge in [0.1, 0.15) is 5.82 Å². The van der Waals surface area contributed by atoms with Crippen LogP contribution in [-0.4, -0.2) is 43.0 Å². The summed E-state index contributed by atoms with van der Waals surface area (Å²) in [6.07, 6.45) is -4.84. The number of halogens is 4. The summed E-state index contributed by atoms with van der Waals surface area (Å²) in [5.41, 5.74) is 3.93. The molecule has 0 bridgehead atoms. The Morgan fingerprint density at radius 2 is 2.14 bits per heavy atom. The van der Waals surface area contributed by atoms with Crippen molar-refractivity contribution in [3.05, 3.63) is 35.1 Å². The first-order valence-corrected chi connectivity index (χ1v) is 6.43. The highest BCUT2D eigenvalue weighted by Crippen LogP contribution is 2.32. The third-order valence-electron chi connectivity index (χ3n) is 3.40. The molecular weight excluding hydrogens is 290 g/mol. The molecule has 116 valence electrons. The zero-order valence-corrected chi connectivity index (χ0v) is 11.1. The lowest BCUT2D eigenvalue weighted by Crippen LogP contribution is -2.56. The van der Waals surface area contributed by atoms with Crippen molar-refractivity contribution in [2.75, 3.05) is 26.2 Å². The fourth-order valence-electron chi connectivity index (χ4n) is 2.28. The first-order valence-electron chi connectivity index (χ1n) is 6.43. The molecule has 0 saturated carbocycles. The fourth-order valence-corrected chi connectivity index (χ4v) is 2.28. The van der Waals surface area contributed by atoms with Crippen molar-refractivity contribution < 1.29 is 22.4 Å². The number of piperazine rings is 1. The Bertz CT molecular complexity index is 533. The van der Waals surface area contributed by atoms with Crippen LogP contribution in [-0.2, 0) is 6.18 Å². The summed E-state index contributed by atoms with van der Waals surface area (Å²) < 4.78 is 51.3. The maximum absolute atomic E-state index is 13.2. The second-order valence-electron chi connectivity index (χ2n) is 4.78. The van der Waals surface area contributed by atoms with Gasteiger partial charge in [-0.3, -0.25) is 4.79 Å². The highest BCUT2D eigenvalue weighted by molar-refractivity contribution is 5.94. The Balaban J connectivity index is 2.31. The lowest BCUT2D eigenvalue weighted by molar-refractivity contribution is -0.140. The molecule has 0 radical (unpaired) electrons. The summed E-state index contributed by atoms with van der Waals surface area (Å²) >= 11 is 0. The van der Waals surface area contributed by atoms with Gasteiger partial charge in [0.2, 0.25) is 0 Å². The topological polar surface area (TPSA) is 58.4 Å². The van der Waals surface area contributed by atoms with Gasteiger partial charge in [0.05, 0.1) is 11.6 Å². The van der Waals surface area contributed by atoms with Crippen LogP contribution in [0.3, 0.4) is 0 Å². The van der Waals surface area contributed by atoms with E-state index in [1.54, 1.807) is 0 Å². The summed E-state index contributed by atoms with van der Waals surface area (Å²) in [5, 5.41) is 3.05. The molecule has 1 aliphatic rings. The number of nitrogens with two attached hydrogens (primary N) is 1. The monoisotopic (exact) mass is 305 g/mol. The van der Waals surface area contributed by atoms with E-state index in [1.165, 1.54) is 4.90 Å². The van der Waals surface area contributed by atoms with Crippen molar-refractivity contribution >= 4 is 5.91 Å². The molecule has 3 N–H and O–H groups in total. The molecular formula is C13H15F4N3O. The molecule has 1 unspecified atom stereocenters. The standard InChI is InChI=1S/C13H15F4N3O/c14-11-2-1-8(5-10(11)13(15,16)17)12(21)20-4-3-19-7-9(20)6-18/h1-2,5,9,19H,3-4,6-7,18H2. The van der Waals surface area contributed by atoms with E-state index in [0.717, 1.165) is 6.07 Å². The van der Waals surface area contributed by atoms with Crippen LogP contribution >= 0.6 is 0 Å². The second-order valence-corrected chi connectivity index (χ2v) is 4.78. The third kappa shape index (κ3) is 3.33. The Kier molecular flexibility index (Phi) is 4.48. The van der Waals surface area contributed by atoms with E-state index in [4.69, 9.17) is 5.73 Å². The summed E-state index contributed by atoms with van der Waals surface area (Å²) in [4.78, 5) is 13.7. The average molecular weight is 305 g/mol. The van der Waals surface area contributed by atoms with E-state index in [1.807, 2.05) is 0 Å². The number of benzene rings is 1. The molecule has 1 fully saturated rings. The van der Waals surface area contributed by atoms with E-state index in [9.17, 15) is 22.4 Å². The normalized spacial score (nSPS) is 19.7. The molecule has 2 rings (SSSR count). The number of nitrogens with one attached hydrogen (secondary N) is 1. The minimum atomic E-state index is -4.84. The molecule has 4 nitrogen and oxygen atoms in total. The maximum atomic E-state index is 13.2. The van der Waals surface area contributed by atoms with Gasteiger partial charge >= 0.3 is 6.18 Å². The number of rotatable bonds is 2. The Morgan fingerprint density at radius 1 is 1.43 bits per heavy atom. The smallest absolute Gasteiger partial charge is 0.332 e. The summed E-state index contributed by atoms with van der Waals surface area (Å²) in [6.45, 7) is 1.57. The SMILES string of the molecule is NCC1CNCCN1C(=O)c1ccc(F)c(C(F)(F)F)c1. The van der Waals surface area contributed by atoms with Crippen molar-refractivity contribution in [2.24, 2.45) is 5.73 Å². The van der Waals surface area contributed by atoms with Crippen LogP contribution in [0.25, 0.3) is 0 Å². The quantitative estimate of drug-likeness (QED) is 0.808. The van der Waals surface area contributed by atoms with Crippen molar-refractivity contribution in [3.63, 3.8) is 0 Å². The number of carbonyl (C=O) groups is 1. The molecule has 1 heterocycles. The van der Waals surface area contributed by atoms with E-state index in [0.29, 0.717) is 31.8 Å². The van der Waals surface area contributed by atoms with Crippen molar-refractivity contribution in [1.82, 2.24) is 10.2 Å². The molecule has 0 aromatic heterocycles. The maximum Gasteiger partial charge on any atom is 0.419 e. The van der Waals surface area contributed by atoms with Gasteiger partial charge in [-0.1, -0.05) is 0 Å². The molecule has 1 atom stereocenters. The molecule has 0 aliphatic carbocycles. The van der Waals surface area contributed by atoms with Gasteiger partial charge < -0.3 is 16.0 Å². The van der Waals surface area contributed by atoms with Gasteiger partial charge in [0.25, 0.3) is 5.91 Å². The number of hydrogen-bond acceptors (Lipinski definition) is 3. The van der Waals surface area contributed by atoms with Gasteiger partial charge in [0, 0.05) is 31.7 Å². The lowest BCUT2D eigenvalue weighted by Gasteiger charge is -2.35. The third-order valence-corrected chi connectivity index (χ3v) is 3.40. The second kappa shape index (κ2) is 5.98. The molecule has 8 heteroatoms. The summed E-state index contributed by atoms with van der Waals surface area (Å²) in [7, 11) is 0. The van der Waals surface area contributed by atoms with Gasteiger partial charge in [-0.2, -0.15) is 13.2 Å². The minimum Gasteiger partial charge on any atom is -0.332 e. The van der Waals surface area contributed by atoms with E-state index < -0.39 is 23.5 Å². The van der Waals surface area contributed by atoms with Crippen LogP contribution in [0.15, 0.2) is 18.2 Å². The highest BCUT2D eigenvalue weighted by atomic mass is 19.4. The fraction of sp³-hybridized carbons (Fsp3) is 0.462. The molecule has 1 aromatic carbocycles. The van der Waals surface area contributed by atoms with Crippen LogP contribution in [0.4, 0.5) is 17.6 Å². The predicted molar refractivity (Wildman–Crippen MR) is 68.2 cm³/mol. The van der Waals surface area contributed by atoms with Crippen LogP contribution in [0, 0.1) is 5.82 Å². The molecule has 1 aromatic rings. The zero-order chi connectivity index (χ0) is 15.6. The van der Waals surface area contributed by atoms with Crippen LogP contribution in [0.2, 0.25) is 0 Å². The molecule has 21 heavy (non-hydrogen) atoms. The first-order chi connectivity index (χ1) is 9.84. The molecule has 1 amide bonds. The number of amides is 1. The molecule has 1 aliphatic heterocycles. The number of nitrogens with zero attached hydrogens (tertiary/aromatic N) is 1. The Hall–Kier alpha value is -1.67. The van der Waals surface area contributed by atoms with E-state index in [2.05, 4.69) is 5.32 Å². The van der Waals surface area contributed by atoms with Gasteiger partial charge in [-0.15, -0.1) is 0 Å². The number of carbonyl (C=O) groups excluding carboxylic acids is 1. The molecule has 1 saturated heterocycles. The summed E-state index contributed by atoms with van der Waals surface area (Å²) in [5.74, 6) is -1.97. The van der Waals surface area contributed by atoms with Crippen LogP contribution in [0.5, 0.6) is 0 Å². The van der Waals surface area contributed by atoms with Crippen molar-refractivity contribution in [3.8, 4) is 0 Å². The largest absolute Gasteiger partial charge is 0.419 e. The minimum absolute atomic E-state index is 0.191. The van der Waals surface area contributed by atoms with E-state index >= 15 is 0 Å². The Labute approximate surface area is 118 Å². The molecule has 0 spiro atoms. The average Bonchev–Trinajstić information content (AvgIpc) is 2.45. The van der Waals surface area contributed by atoms with Crippen LogP contribution in [0.1, 0.15) is 15.9 Å². The first kappa shape index (κ1) is 15.7. The summed E-state index contributed by atoms with van der Waals surface area (Å²) in [6, 6.07) is 1.98. The number of hydrogen-bond donors (Lipinski definition) is 2. The van der Waals surface area contributed by atoms with Crippen molar-refractivity contribution in [2.45, 2.75) is 12.2 Å².